The fourth-order valence-electron chi connectivity index (χ4n) is 3.76. The van der Waals surface area contributed by atoms with Crippen molar-refractivity contribution >= 4 is 0 Å². The van der Waals surface area contributed by atoms with Crippen molar-refractivity contribution in [3.05, 3.63) is 23.3 Å². The molecule has 2 saturated carbocycles. The molecule has 0 spiro atoms. The van der Waals surface area contributed by atoms with Crippen LogP contribution in [0, 0.1) is 10.8 Å². The molecule has 0 heteroatoms. The predicted octanol–water partition coefficient (Wildman–Crippen LogP) is 4.48. The number of fused-ring (bicyclic) bond motifs is 2. The Morgan fingerprint density at radius 2 is 1.71 bits per heavy atom. The molecular weight excluding hydrogens is 168 g/mol. The van der Waals surface area contributed by atoms with Gasteiger partial charge >= 0.3 is 0 Å². The summed E-state index contributed by atoms with van der Waals surface area (Å²) in [5.74, 6) is 0. The Morgan fingerprint density at radius 3 is 2.21 bits per heavy atom. The highest BCUT2D eigenvalue weighted by molar-refractivity contribution is 5.48. The maximum atomic E-state index is 2.46. The van der Waals surface area contributed by atoms with Gasteiger partial charge < -0.3 is 0 Å². The Balaban J connectivity index is 2.48. The highest BCUT2D eigenvalue weighted by Crippen LogP contribution is 2.66. The van der Waals surface area contributed by atoms with Gasteiger partial charge in [-0.1, -0.05) is 32.9 Å². The Labute approximate surface area is 88.1 Å². The van der Waals surface area contributed by atoms with Crippen molar-refractivity contribution in [3.63, 3.8) is 0 Å². The van der Waals surface area contributed by atoms with Crippen LogP contribution in [0.25, 0.3) is 0 Å². The van der Waals surface area contributed by atoms with E-state index in [0.717, 1.165) is 0 Å². The van der Waals surface area contributed by atoms with E-state index in [2.05, 4.69) is 39.8 Å². The van der Waals surface area contributed by atoms with E-state index in [1.54, 1.807) is 11.1 Å². The molecule has 0 amide bonds. The summed E-state index contributed by atoms with van der Waals surface area (Å²) < 4.78 is 0. The van der Waals surface area contributed by atoms with E-state index in [0.29, 0.717) is 10.8 Å². The second-order valence-corrected chi connectivity index (χ2v) is 5.53. The number of allylic oxidation sites excluding steroid dienone is 4. The topological polar surface area (TPSA) is 0 Å². The van der Waals surface area contributed by atoms with Crippen molar-refractivity contribution in [2.75, 3.05) is 0 Å². The molecule has 0 N–H and O–H groups in total. The fraction of sp³-hybridized carbons (Fsp3) is 0.714. The van der Waals surface area contributed by atoms with Crippen molar-refractivity contribution in [2.24, 2.45) is 10.8 Å². The van der Waals surface area contributed by atoms with Gasteiger partial charge in [0.1, 0.15) is 0 Å². The highest BCUT2D eigenvalue weighted by atomic mass is 14.6. The van der Waals surface area contributed by atoms with Gasteiger partial charge in [-0.05, 0) is 54.6 Å². The van der Waals surface area contributed by atoms with Crippen molar-refractivity contribution in [1.29, 1.82) is 0 Å². The van der Waals surface area contributed by atoms with Crippen molar-refractivity contribution in [3.8, 4) is 0 Å². The minimum Gasteiger partial charge on any atom is -0.0836 e. The zero-order chi connectivity index (χ0) is 10.4. The van der Waals surface area contributed by atoms with Crippen LogP contribution in [0.2, 0.25) is 0 Å². The molecule has 2 aliphatic carbocycles. The summed E-state index contributed by atoms with van der Waals surface area (Å²) in [4.78, 5) is 0. The minimum absolute atomic E-state index is 0.504. The van der Waals surface area contributed by atoms with Crippen LogP contribution in [0.1, 0.15) is 53.4 Å². The molecular formula is C14H22. The van der Waals surface area contributed by atoms with Gasteiger partial charge in [-0.3, -0.25) is 0 Å². The third-order valence-corrected chi connectivity index (χ3v) is 4.30. The summed E-state index contributed by atoms with van der Waals surface area (Å²) in [5, 5.41) is 0. The van der Waals surface area contributed by atoms with E-state index in [1.165, 1.54) is 25.7 Å². The number of hydrogen-bond donors (Lipinski definition) is 0. The lowest BCUT2D eigenvalue weighted by Gasteiger charge is -2.29. The second-order valence-electron chi connectivity index (χ2n) is 5.53. The molecule has 0 radical (unpaired) electrons. The summed E-state index contributed by atoms with van der Waals surface area (Å²) in [6.45, 7) is 9.35. The normalized spacial score (nSPS) is 46.9. The molecule has 2 unspecified atom stereocenters. The summed E-state index contributed by atoms with van der Waals surface area (Å²) in [7, 11) is 0. The third-order valence-electron chi connectivity index (χ3n) is 4.30. The van der Waals surface area contributed by atoms with Gasteiger partial charge in [0, 0.05) is 0 Å². The monoisotopic (exact) mass is 190 g/mol. The van der Waals surface area contributed by atoms with Gasteiger partial charge in [-0.2, -0.15) is 0 Å². The van der Waals surface area contributed by atoms with Crippen LogP contribution < -0.4 is 0 Å². The minimum atomic E-state index is 0.504. The van der Waals surface area contributed by atoms with E-state index in [1.807, 2.05) is 0 Å². The van der Waals surface area contributed by atoms with Crippen LogP contribution >= 0.6 is 0 Å². The van der Waals surface area contributed by atoms with Gasteiger partial charge in [-0.15, -0.1) is 0 Å². The predicted molar refractivity (Wildman–Crippen MR) is 62.2 cm³/mol. The Kier molecular flexibility index (Phi) is 2.13. The van der Waals surface area contributed by atoms with Crippen molar-refractivity contribution < 1.29 is 0 Å². The Hall–Kier alpha value is -0.520. The molecule has 78 valence electrons. The third kappa shape index (κ3) is 1.12. The van der Waals surface area contributed by atoms with Crippen LogP contribution in [0.4, 0.5) is 0 Å². The first-order valence-electron chi connectivity index (χ1n) is 5.93. The molecule has 2 aliphatic rings. The number of hydrogen-bond acceptors (Lipinski definition) is 0. The molecule has 0 aromatic heterocycles. The van der Waals surface area contributed by atoms with Gasteiger partial charge in [0.05, 0.1) is 0 Å². The average Bonchev–Trinajstić information content (AvgIpc) is 2.53. The molecule has 0 aliphatic heterocycles. The van der Waals surface area contributed by atoms with Gasteiger partial charge in [0.15, 0.2) is 0 Å². The van der Waals surface area contributed by atoms with Crippen molar-refractivity contribution in [2.45, 2.75) is 53.4 Å². The quantitative estimate of drug-likeness (QED) is 0.572. The maximum Gasteiger partial charge on any atom is -0.00669 e. The van der Waals surface area contributed by atoms with E-state index in [9.17, 15) is 0 Å². The summed E-state index contributed by atoms with van der Waals surface area (Å²) in [6.07, 6.45) is 10.2. The molecule has 2 atom stereocenters. The zero-order valence-corrected chi connectivity index (χ0v) is 9.98. The first kappa shape index (κ1) is 10.0. The lowest BCUT2D eigenvalue weighted by atomic mass is 9.75. The molecule has 2 fully saturated rings. The SMILES string of the molecule is C/C=C1\C(=C/CC)C2(C)CCC1(C)C2. The molecule has 0 nitrogen and oxygen atoms in total. The molecule has 0 aromatic rings. The molecule has 14 heavy (non-hydrogen) atoms. The number of rotatable bonds is 1. The molecule has 0 aromatic carbocycles. The van der Waals surface area contributed by atoms with Crippen LogP contribution in [0.15, 0.2) is 23.3 Å². The summed E-state index contributed by atoms with van der Waals surface area (Å²) in [6, 6.07) is 0. The smallest absolute Gasteiger partial charge is 0.00669 e. The van der Waals surface area contributed by atoms with Crippen LogP contribution in [-0.4, -0.2) is 0 Å². The van der Waals surface area contributed by atoms with Gasteiger partial charge in [0.25, 0.3) is 0 Å². The van der Waals surface area contributed by atoms with Gasteiger partial charge in [-0.25, -0.2) is 0 Å². The molecule has 0 heterocycles. The maximum absolute atomic E-state index is 2.46. The van der Waals surface area contributed by atoms with Crippen LogP contribution in [0.5, 0.6) is 0 Å². The molecule has 2 rings (SSSR count). The van der Waals surface area contributed by atoms with E-state index in [4.69, 9.17) is 0 Å². The molecule has 2 bridgehead atoms. The van der Waals surface area contributed by atoms with Crippen LogP contribution in [0.3, 0.4) is 0 Å². The summed E-state index contributed by atoms with van der Waals surface area (Å²) in [5.41, 5.74) is 4.32. The van der Waals surface area contributed by atoms with Crippen LogP contribution in [-0.2, 0) is 0 Å². The fourth-order valence-corrected chi connectivity index (χ4v) is 3.76. The first-order chi connectivity index (χ1) is 6.56. The van der Waals surface area contributed by atoms with E-state index in [-0.39, 0.29) is 0 Å². The van der Waals surface area contributed by atoms with E-state index >= 15 is 0 Å². The van der Waals surface area contributed by atoms with Gasteiger partial charge in [0.2, 0.25) is 0 Å². The zero-order valence-electron chi connectivity index (χ0n) is 9.98. The Bertz CT molecular complexity index is 308. The average molecular weight is 190 g/mol. The lowest BCUT2D eigenvalue weighted by Crippen LogP contribution is -2.16. The van der Waals surface area contributed by atoms with Crippen molar-refractivity contribution in [1.82, 2.24) is 0 Å². The molecule has 0 saturated heterocycles. The first-order valence-corrected chi connectivity index (χ1v) is 5.93. The highest BCUT2D eigenvalue weighted by Gasteiger charge is 2.54. The lowest BCUT2D eigenvalue weighted by molar-refractivity contribution is 0.417. The standard InChI is InChI=1S/C14H22/c1-5-7-12-11(6-2)13(3)8-9-14(12,4)10-13/h6-7H,5,8-10H2,1-4H3/b11-6+,12-7+. The second kappa shape index (κ2) is 2.98. The largest absolute Gasteiger partial charge is 0.0836 e. The van der Waals surface area contributed by atoms with E-state index < -0.39 is 0 Å². The Morgan fingerprint density at radius 1 is 1.14 bits per heavy atom. The summed E-state index contributed by atoms with van der Waals surface area (Å²) >= 11 is 0.